The molecule has 1 fully saturated rings. The number of nitrogens with zero attached hydrogens (tertiary/aromatic N) is 1. The molecule has 0 bridgehead atoms. The van der Waals surface area contributed by atoms with E-state index in [9.17, 15) is 14.4 Å². The van der Waals surface area contributed by atoms with Crippen molar-refractivity contribution in [2.75, 3.05) is 45.2 Å². The van der Waals surface area contributed by atoms with Crippen molar-refractivity contribution >= 4 is 34.7 Å². The van der Waals surface area contributed by atoms with E-state index < -0.39 is 0 Å². The Hall–Kier alpha value is -2.91. The molecule has 0 spiro atoms. The molecule has 3 N–H and O–H groups in total. The Kier molecular flexibility index (Phi) is 9.26. The van der Waals surface area contributed by atoms with Crippen LogP contribution in [0, 0.1) is 12.8 Å². The highest BCUT2D eigenvalue weighted by Crippen LogP contribution is 2.25. The number of thiophene rings is 1. The Balaban J connectivity index is 1.32. The van der Waals surface area contributed by atoms with Gasteiger partial charge in [-0.25, -0.2) is 0 Å². The van der Waals surface area contributed by atoms with Crippen molar-refractivity contribution in [1.29, 1.82) is 0 Å². The van der Waals surface area contributed by atoms with Gasteiger partial charge in [-0.05, 0) is 68.4 Å². The number of amides is 3. The number of carbonyl (C=O) groups excluding carboxylic acids is 3. The first-order chi connectivity index (χ1) is 15.9. The molecule has 1 aliphatic heterocycles. The van der Waals surface area contributed by atoms with E-state index >= 15 is 0 Å². The largest absolute Gasteiger partial charge is 0.495 e. The standard InChI is InChI=1S/C24H32N4O4S/c1-17-5-6-21(32-2)20(14-17)27-22(29)15-26-23(30)16-28-11-8-18(9-12-28)24(31)25-10-7-19-4-3-13-33-19/h3-6,13-14,18H,7-12,15-16H2,1-2H3,(H,25,31)(H,26,30)(H,27,29). The Morgan fingerprint density at radius 1 is 1.12 bits per heavy atom. The normalized spacial score (nSPS) is 14.5. The molecule has 33 heavy (non-hydrogen) atoms. The average Bonchev–Trinajstić information content (AvgIpc) is 3.32. The van der Waals surface area contributed by atoms with Crippen molar-refractivity contribution in [3.8, 4) is 5.75 Å². The Morgan fingerprint density at radius 3 is 2.61 bits per heavy atom. The van der Waals surface area contributed by atoms with Crippen LogP contribution in [0.5, 0.6) is 5.75 Å². The number of anilines is 1. The van der Waals surface area contributed by atoms with Crippen LogP contribution in [0.2, 0.25) is 0 Å². The molecule has 9 heteroatoms. The fourth-order valence-electron chi connectivity index (χ4n) is 3.81. The minimum atomic E-state index is -0.315. The number of piperidine rings is 1. The van der Waals surface area contributed by atoms with Crippen LogP contribution < -0.4 is 20.7 Å². The number of carbonyl (C=O) groups is 3. The first-order valence-electron chi connectivity index (χ1n) is 11.2. The lowest BCUT2D eigenvalue weighted by Crippen LogP contribution is -2.45. The predicted molar refractivity (Wildman–Crippen MR) is 130 cm³/mol. The lowest BCUT2D eigenvalue weighted by atomic mass is 9.96. The quantitative estimate of drug-likeness (QED) is 0.492. The number of rotatable bonds is 10. The molecule has 1 aliphatic rings. The van der Waals surface area contributed by atoms with Gasteiger partial charge in [0.2, 0.25) is 17.7 Å². The van der Waals surface area contributed by atoms with Crippen molar-refractivity contribution in [3.05, 3.63) is 46.2 Å². The third-order valence-electron chi connectivity index (χ3n) is 5.65. The van der Waals surface area contributed by atoms with Crippen LogP contribution in [-0.2, 0) is 20.8 Å². The summed E-state index contributed by atoms with van der Waals surface area (Å²) in [5.41, 5.74) is 1.57. The number of hydrogen-bond acceptors (Lipinski definition) is 6. The molecule has 8 nitrogen and oxygen atoms in total. The van der Waals surface area contributed by atoms with E-state index in [0.29, 0.717) is 31.1 Å². The summed E-state index contributed by atoms with van der Waals surface area (Å²) in [5, 5.41) is 10.5. The maximum Gasteiger partial charge on any atom is 0.243 e. The summed E-state index contributed by atoms with van der Waals surface area (Å²) in [5.74, 6) is 0.130. The van der Waals surface area contributed by atoms with Crippen LogP contribution in [0.3, 0.4) is 0 Å². The van der Waals surface area contributed by atoms with Crippen molar-refractivity contribution in [2.24, 2.45) is 5.92 Å². The zero-order valence-corrected chi connectivity index (χ0v) is 20.0. The summed E-state index contributed by atoms with van der Waals surface area (Å²) < 4.78 is 5.25. The summed E-state index contributed by atoms with van der Waals surface area (Å²) in [4.78, 5) is 40.2. The first-order valence-corrected chi connectivity index (χ1v) is 12.1. The van der Waals surface area contributed by atoms with E-state index in [-0.39, 0.29) is 36.7 Å². The summed E-state index contributed by atoms with van der Waals surface area (Å²) in [6.45, 7) is 4.05. The maximum atomic E-state index is 12.4. The molecule has 3 rings (SSSR count). The van der Waals surface area contributed by atoms with Gasteiger partial charge in [-0.3, -0.25) is 19.3 Å². The number of methoxy groups -OCH3 is 1. The van der Waals surface area contributed by atoms with Gasteiger partial charge in [0.05, 0.1) is 25.9 Å². The number of nitrogens with one attached hydrogen (secondary N) is 3. The molecular weight excluding hydrogens is 440 g/mol. The van der Waals surface area contributed by atoms with Gasteiger partial charge in [0.1, 0.15) is 5.75 Å². The molecule has 1 aromatic carbocycles. The number of hydrogen-bond donors (Lipinski definition) is 3. The number of likely N-dealkylation sites (tertiary alicyclic amines) is 1. The zero-order valence-electron chi connectivity index (χ0n) is 19.2. The van der Waals surface area contributed by atoms with Crippen LogP contribution in [-0.4, -0.2) is 62.5 Å². The van der Waals surface area contributed by atoms with Crippen LogP contribution in [0.25, 0.3) is 0 Å². The van der Waals surface area contributed by atoms with E-state index in [2.05, 4.69) is 22.0 Å². The van der Waals surface area contributed by atoms with E-state index in [1.807, 2.05) is 35.4 Å². The van der Waals surface area contributed by atoms with Gasteiger partial charge in [0, 0.05) is 17.3 Å². The van der Waals surface area contributed by atoms with E-state index in [4.69, 9.17) is 4.74 Å². The third kappa shape index (κ3) is 7.87. The zero-order chi connectivity index (χ0) is 23.6. The fraction of sp³-hybridized carbons (Fsp3) is 0.458. The van der Waals surface area contributed by atoms with Gasteiger partial charge in [-0.2, -0.15) is 0 Å². The van der Waals surface area contributed by atoms with Gasteiger partial charge in [0.25, 0.3) is 0 Å². The summed E-state index contributed by atoms with van der Waals surface area (Å²) in [7, 11) is 1.54. The molecule has 0 atom stereocenters. The van der Waals surface area contributed by atoms with Crippen LogP contribution >= 0.6 is 11.3 Å². The Morgan fingerprint density at radius 2 is 1.91 bits per heavy atom. The molecular formula is C24H32N4O4S. The number of ether oxygens (including phenoxy) is 1. The van der Waals surface area contributed by atoms with Crippen LogP contribution in [0.15, 0.2) is 35.7 Å². The van der Waals surface area contributed by atoms with Crippen molar-refractivity contribution in [1.82, 2.24) is 15.5 Å². The fourth-order valence-corrected chi connectivity index (χ4v) is 4.52. The molecule has 1 saturated heterocycles. The molecule has 0 unspecified atom stereocenters. The lowest BCUT2D eigenvalue weighted by Gasteiger charge is -2.30. The average molecular weight is 473 g/mol. The maximum absolute atomic E-state index is 12.4. The minimum Gasteiger partial charge on any atom is -0.495 e. The Labute approximate surface area is 198 Å². The van der Waals surface area contributed by atoms with Gasteiger partial charge in [-0.15, -0.1) is 11.3 Å². The highest BCUT2D eigenvalue weighted by Gasteiger charge is 2.25. The third-order valence-corrected chi connectivity index (χ3v) is 6.59. The Bertz CT molecular complexity index is 940. The van der Waals surface area contributed by atoms with Gasteiger partial charge in [0.15, 0.2) is 0 Å². The van der Waals surface area contributed by atoms with Crippen molar-refractivity contribution in [3.63, 3.8) is 0 Å². The molecule has 0 radical (unpaired) electrons. The van der Waals surface area contributed by atoms with Crippen LogP contribution in [0.1, 0.15) is 23.3 Å². The summed E-state index contributed by atoms with van der Waals surface area (Å²) in [6.07, 6.45) is 2.31. The summed E-state index contributed by atoms with van der Waals surface area (Å²) >= 11 is 1.70. The number of benzene rings is 1. The first kappa shape index (κ1) is 24.7. The van der Waals surface area contributed by atoms with Gasteiger partial charge >= 0.3 is 0 Å². The second kappa shape index (κ2) is 12.4. The smallest absolute Gasteiger partial charge is 0.243 e. The highest BCUT2D eigenvalue weighted by molar-refractivity contribution is 7.09. The van der Waals surface area contributed by atoms with Crippen LogP contribution in [0.4, 0.5) is 5.69 Å². The monoisotopic (exact) mass is 472 g/mol. The van der Waals surface area contributed by atoms with Crippen molar-refractivity contribution in [2.45, 2.75) is 26.2 Å². The van der Waals surface area contributed by atoms with Crippen molar-refractivity contribution < 1.29 is 19.1 Å². The summed E-state index contributed by atoms with van der Waals surface area (Å²) in [6, 6.07) is 9.59. The molecule has 178 valence electrons. The molecule has 2 aromatic rings. The number of aryl methyl sites for hydroxylation is 1. The minimum absolute atomic E-state index is 0.0114. The van der Waals surface area contributed by atoms with Gasteiger partial charge < -0.3 is 20.7 Å². The van der Waals surface area contributed by atoms with E-state index in [1.165, 1.54) is 4.88 Å². The SMILES string of the molecule is COc1ccc(C)cc1NC(=O)CNC(=O)CN1CCC(C(=O)NCCc2cccs2)CC1. The van der Waals surface area contributed by atoms with Gasteiger partial charge in [-0.1, -0.05) is 12.1 Å². The molecule has 1 aromatic heterocycles. The lowest BCUT2D eigenvalue weighted by molar-refractivity contribution is -0.127. The molecule has 0 aliphatic carbocycles. The highest BCUT2D eigenvalue weighted by atomic mass is 32.1. The molecule has 0 saturated carbocycles. The molecule has 2 heterocycles. The second-order valence-electron chi connectivity index (χ2n) is 8.20. The predicted octanol–water partition coefficient (Wildman–Crippen LogP) is 2.19. The van der Waals surface area contributed by atoms with E-state index in [0.717, 1.165) is 24.8 Å². The molecule has 3 amide bonds. The second-order valence-corrected chi connectivity index (χ2v) is 9.23. The topological polar surface area (TPSA) is 99.8 Å². The van der Waals surface area contributed by atoms with E-state index in [1.54, 1.807) is 24.5 Å².